The molecule has 0 atom stereocenters. The lowest BCUT2D eigenvalue weighted by Gasteiger charge is -1.93. The molecule has 1 aromatic carbocycles. The van der Waals surface area contributed by atoms with Gasteiger partial charge in [0.15, 0.2) is 0 Å². The van der Waals surface area contributed by atoms with Crippen molar-refractivity contribution in [3.8, 4) is 0 Å². The van der Waals surface area contributed by atoms with Crippen molar-refractivity contribution in [1.29, 1.82) is 0 Å². The third kappa shape index (κ3) is 4.67. The van der Waals surface area contributed by atoms with Gasteiger partial charge in [0.25, 0.3) is 0 Å². The molecule has 0 saturated carbocycles. The van der Waals surface area contributed by atoms with E-state index in [1.54, 1.807) is 0 Å². The van der Waals surface area contributed by atoms with E-state index < -0.39 is 0 Å². The first kappa shape index (κ1) is 11.1. The monoisotopic (exact) mass is 306 g/mol. The van der Waals surface area contributed by atoms with Gasteiger partial charge in [0.05, 0.1) is 0 Å². The van der Waals surface area contributed by atoms with Gasteiger partial charge in [-0.15, -0.1) is 0 Å². The Hall–Kier alpha value is -0.0200. The van der Waals surface area contributed by atoms with E-state index in [-0.39, 0.29) is 0 Å². The summed E-state index contributed by atoms with van der Waals surface area (Å²) in [6, 6.07) is 7.89. The maximum atomic E-state index is 5.77. The first-order valence-electron chi connectivity index (χ1n) is 4.31. The lowest BCUT2D eigenvalue weighted by atomic mass is 10.2. The van der Waals surface area contributed by atoms with Gasteiger partial charge in [-0.1, -0.05) is 58.5 Å². The van der Waals surface area contributed by atoms with Gasteiger partial charge in [0.2, 0.25) is 0 Å². The van der Waals surface area contributed by atoms with Gasteiger partial charge in [0, 0.05) is 5.02 Å². The van der Waals surface area contributed by atoms with Gasteiger partial charge in [0.1, 0.15) is 0 Å². The van der Waals surface area contributed by atoms with Crippen molar-refractivity contribution in [2.45, 2.75) is 12.8 Å². The zero-order valence-corrected chi connectivity index (χ0v) is 10.3. The molecule has 0 saturated heterocycles. The molecular weight excluding hydrogens is 294 g/mol. The number of benzene rings is 1. The molecule has 2 heteroatoms. The van der Waals surface area contributed by atoms with Crippen molar-refractivity contribution in [1.82, 2.24) is 0 Å². The Bertz CT molecular complexity index is 264. The summed E-state index contributed by atoms with van der Waals surface area (Å²) in [6.45, 7) is 0. The molecule has 0 bridgehead atoms. The minimum absolute atomic E-state index is 0.796. The smallest absolute Gasteiger partial charge is 0.0406 e. The van der Waals surface area contributed by atoms with Crippen LogP contribution >= 0.6 is 34.2 Å². The molecule has 0 spiro atoms. The van der Waals surface area contributed by atoms with Crippen LogP contribution in [0, 0.1) is 0 Å². The molecule has 0 N–H and O–H groups in total. The Morgan fingerprint density at radius 2 is 1.92 bits per heavy atom. The molecule has 0 aromatic heterocycles. The number of alkyl halides is 1. The summed E-state index contributed by atoms with van der Waals surface area (Å²) in [7, 11) is 0. The first-order valence-corrected chi connectivity index (χ1v) is 6.21. The molecule has 0 aliphatic heterocycles. The van der Waals surface area contributed by atoms with Crippen molar-refractivity contribution >= 4 is 40.3 Å². The highest BCUT2D eigenvalue weighted by Crippen LogP contribution is 2.11. The fraction of sp³-hybridized carbons (Fsp3) is 0.273. The minimum Gasteiger partial charge on any atom is -0.0864 e. The van der Waals surface area contributed by atoms with E-state index >= 15 is 0 Å². The van der Waals surface area contributed by atoms with E-state index in [4.69, 9.17) is 11.6 Å². The first-order chi connectivity index (χ1) is 6.33. The summed E-state index contributed by atoms with van der Waals surface area (Å²) in [5, 5.41) is 0.796. The van der Waals surface area contributed by atoms with E-state index in [0.29, 0.717) is 0 Å². The topological polar surface area (TPSA) is 0 Å². The van der Waals surface area contributed by atoms with Crippen LogP contribution in [0.4, 0.5) is 0 Å². The van der Waals surface area contributed by atoms with Crippen molar-refractivity contribution < 1.29 is 0 Å². The quantitative estimate of drug-likeness (QED) is 0.434. The molecule has 0 aliphatic carbocycles. The summed E-state index contributed by atoms with van der Waals surface area (Å²) in [5.41, 5.74) is 1.22. The zero-order chi connectivity index (χ0) is 9.52. The molecule has 13 heavy (non-hydrogen) atoms. The van der Waals surface area contributed by atoms with Crippen molar-refractivity contribution in [2.24, 2.45) is 0 Å². The molecule has 1 rings (SSSR count). The second kappa shape index (κ2) is 6.44. The van der Waals surface area contributed by atoms with Crippen molar-refractivity contribution in [3.05, 3.63) is 40.9 Å². The Morgan fingerprint density at radius 3 is 2.54 bits per heavy atom. The fourth-order valence-corrected chi connectivity index (χ4v) is 1.55. The van der Waals surface area contributed by atoms with Crippen LogP contribution in [0.3, 0.4) is 0 Å². The summed E-state index contributed by atoms with van der Waals surface area (Å²) < 4.78 is 1.22. The molecule has 1 aromatic rings. The molecule has 70 valence electrons. The molecule has 0 radical (unpaired) electrons. The highest BCUT2D eigenvalue weighted by atomic mass is 127. The van der Waals surface area contributed by atoms with Gasteiger partial charge in [-0.2, -0.15) is 0 Å². The third-order valence-corrected chi connectivity index (χ3v) is 2.70. The molecule has 0 fully saturated rings. The minimum atomic E-state index is 0.796. The van der Waals surface area contributed by atoms with Gasteiger partial charge >= 0.3 is 0 Å². The van der Waals surface area contributed by atoms with Crippen LogP contribution in [0.15, 0.2) is 30.3 Å². The normalized spacial score (nSPS) is 10.9. The Balaban J connectivity index is 2.44. The summed E-state index contributed by atoms with van der Waals surface area (Å²) in [4.78, 5) is 0. The predicted octanol–water partition coefficient (Wildman–Crippen LogP) is 4.57. The Morgan fingerprint density at radius 1 is 1.23 bits per heavy atom. The SMILES string of the molecule is Clc1ccc(C=CCCCI)cc1. The van der Waals surface area contributed by atoms with Crippen LogP contribution in [0.5, 0.6) is 0 Å². The number of unbranched alkanes of at least 4 members (excludes halogenated alkanes) is 1. The third-order valence-electron chi connectivity index (χ3n) is 1.68. The second-order valence-electron chi connectivity index (χ2n) is 2.79. The molecular formula is C11H12ClI. The number of allylic oxidation sites excluding steroid dienone is 1. The fourth-order valence-electron chi connectivity index (χ4n) is 0.988. The number of halogens is 2. The molecule has 0 nitrogen and oxygen atoms in total. The van der Waals surface area contributed by atoms with Crippen LogP contribution in [-0.2, 0) is 0 Å². The van der Waals surface area contributed by atoms with E-state index in [1.807, 2.05) is 24.3 Å². The van der Waals surface area contributed by atoms with Gasteiger partial charge < -0.3 is 0 Å². The Labute approximate surface area is 98.1 Å². The van der Waals surface area contributed by atoms with E-state index in [0.717, 1.165) is 11.4 Å². The standard InChI is InChI=1S/C11H12ClI/c12-11-7-5-10(6-8-11)4-2-1-3-9-13/h2,4-8H,1,3,9H2. The van der Waals surface area contributed by atoms with E-state index in [9.17, 15) is 0 Å². The lowest BCUT2D eigenvalue weighted by molar-refractivity contribution is 0.990. The number of hydrogen-bond donors (Lipinski definition) is 0. The summed E-state index contributed by atoms with van der Waals surface area (Å²) in [5.74, 6) is 0. The van der Waals surface area contributed by atoms with Gasteiger partial charge in [-0.05, 0) is 35.0 Å². The maximum Gasteiger partial charge on any atom is 0.0406 e. The van der Waals surface area contributed by atoms with Crippen LogP contribution < -0.4 is 0 Å². The van der Waals surface area contributed by atoms with Crippen LogP contribution in [-0.4, -0.2) is 4.43 Å². The van der Waals surface area contributed by atoms with Crippen LogP contribution in [0.25, 0.3) is 6.08 Å². The van der Waals surface area contributed by atoms with Crippen molar-refractivity contribution in [3.63, 3.8) is 0 Å². The Kier molecular flexibility index (Phi) is 5.47. The number of rotatable bonds is 4. The lowest BCUT2D eigenvalue weighted by Crippen LogP contribution is -1.72. The summed E-state index contributed by atoms with van der Waals surface area (Å²) >= 11 is 8.17. The highest BCUT2D eigenvalue weighted by molar-refractivity contribution is 14.1. The van der Waals surface area contributed by atoms with Gasteiger partial charge in [-0.25, -0.2) is 0 Å². The van der Waals surface area contributed by atoms with Crippen LogP contribution in [0.1, 0.15) is 18.4 Å². The largest absolute Gasteiger partial charge is 0.0864 e. The zero-order valence-electron chi connectivity index (χ0n) is 7.34. The molecule has 0 unspecified atom stereocenters. The maximum absolute atomic E-state index is 5.77. The number of hydrogen-bond acceptors (Lipinski definition) is 0. The molecule has 0 heterocycles. The molecule has 0 amide bonds. The summed E-state index contributed by atoms with van der Waals surface area (Å²) in [6.07, 6.45) is 6.76. The highest BCUT2D eigenvalue weighted by Gasteiger charge is 1.86. The second-order valence-corrected chi connectivity index (χ2v) is 4.30. The van der Waals surface area contributed by atoms with E-state index in [1.165, 1.54) is 16.4 Å². The molecule has 0 aliphatic rings. The predicted molar refractivity (Wildman–Crippen MR) is 68.6 cm³/mol. The average molecular weight is 307 g/mol. The average Bonchev–Trinajstić information content (AvgIpc) is 2.15. The van der Waals surface area contributed by atoms with Crippen molar-refractivity contribution in [2.75, 3.05) is 4.43 Å². The van der Waals surface area contributed by atoms with E-state index in [2.05, 4.69) is 34.7 Å². The van der Waals surface area contributed by atoms with Gasteiger partial charge in [-0.3, -0.25) is 0 Å². The van der Waals surface area contributed by atoms with Crippen LogP contribution in [0.2, 0.25) is 5.02 Å².